The predicted molar refractivity (Wildman–Crippen MR) is 97.5 cm³/mol. The van der Waals surface area contributed by atoms with Gasteiger partial charge in [-0.05, 0) is 45.4 Å². The van der Waals surface area contributed by atoms with Gasteiger partial charge in [0.05, 0.1) is 12.1 Å². The molecule has 24 heavy (non-hydrogen) atoms. The van der Waals surface area contributed by atoms with Crippen LogP contribution in [-0.2, 0) is 11.2 Å². The lowest BCUT2D eigenvalue weighted by atomic mass is 10.1. The molecule has 128 valence electrons. The Morgan fingerprint density at radius 2 is 1.96 bits per heavy atom. The maximum Gasteiger partial charge on any atom is 0.325 e. The second kappa shape index (κ2) is 7.44. The van der Waals surface area contributed by atoms with E-state index in [2.05, 4.69) is 20.9 Å². The number of carbonyl (C=O) groups excluding carboxylic acids is 2. The zero-order valence-electron chi connectivity index (χ0n) is 14.3. The van der Waals surface area contributed by atoms with Crippen molar-refractivity contribution in [3.63, 3.8) is 0 Å². The molecule has 6 nitrogen and oxygen atoms in total. The van der Waals surface area contributed by atoms with E-state index in [0.29, 0.717) is 16.5 Å². The van der Waals surface area contributed by atoms with Gasteiger partial charge in [-0.3, -0.25) is 10.1 Å². The minimum absolute atomic E-state index is 0.0939. The summed E-state index contributed by atoms with van der Waals surface area (Å²) in [5, 5.41) is 10.5. The first kappa shape index (κ1) is 17.9. The minimum atomic E-state index is -0.361. The van der Waals surface area contributed by atoms with Gasteiger partial charge in [0, 0.05) is 16.6 Å². The van der Waals surface area contributed by atoms with Crippen LogP contribution in [0.15, 0.2) is 29.6 Å². The van der Waals surface area contributed by atoms with Crippen molar-refractivity contribution in [1.29, 1.82) is 0 Å². The van der Waals surface area contributed by atoms with Gasteiger partial charge in [0.25, 0.3) is 0 Å². The summed E-state index contributed by atoms with van der Waals surface area (Å²) in [5.41, 5.74) is 2.14. The Bertz CT molecular complexity index is 734. The van der Waals surface area contributed by atoms with Crippen LogP contribution in [0.4, 0.5) is 15.6 Å². The Kier molecular flexibility index (Phi) is 5.56. The normalized spacial score (nSPS) is 11.0. The zero-order valence-corrected chi connectivity index (χ0v) is 15.1. The van der Waals surface area contributed by atoms with E-state index in [1.165, 1.54) is 11.3 Å². The number of aryl methyl sites for hydroxylation is 1. The van der Waals surface area contributed by atoms with Crippen LogP contribution in [0.25, 0.3) is 0 Å². The number of rotatable bonds is 4. The van der Waals surface area contributed by atoms with Crippen LogP contribution in [0.3, 0.4) is 0 Å². The van der Waals surface area contributed by atoms with Crippen LogP contribution in [0.2, 0.25) is 0 Å². The minimum Gasteiger partial charge on any atom is -0.351 e. The lowest BCUT2D eigenvalue weighted by Gasteiger charge is -2.20. The summed E-state index contributed by atoms with van der Waals surface area (Å²) in [7, 11) is 0. The molecule has 0 saturated carbocycles. The number of nitrogens with zero attached hydrogens (tertiary/aromatic N) is 1. The molecule has 1 aromatic heterocycles. The molecule has 0 radical (unpaired) electrons. The van der Waals surface area contributed by atoms with Gasteiger partial charge < -0.3 is 10.6 Å². The smallest absolute Gasteiger partial charge is 0.325 e. The molecule has 0 saturated heterocycles. The van der Waals surface area contributed by atoms with Crippen LogP contribution in [0.5, 0.6) is 0 Å². The van der Waals surface area contributed by atoms with E-state index >= 15 is 0 Å². The Morgan fingerprint density at radius 3 is 2.62 bits per heavy atom. The van der Waals surface area contributed by atoms with Gasteiger partial charge in [-0.2, -0.15) is 0 Å². The van der Waals surface area contributed by atoms with Crippen molar-refractivity contribution in [2.75, 3.05) is 10.6 Å². The number of thiazole rings is 1. The molecule has 3 N–H and O–H groups in total. The number of hydrogen-bond acceptors (Lipinski definition) is 4. The molecule has 0 aliphatic rings. The van der Waals surface area contributed by atoms with E-state index in [9.17, 15) is 9.59 Å². The molecule has 3 amide bonds. The van der Waals surface area contributed by atoms with Crippen molar-refractivity contribution < 1.29 is 9.59 Å². The van der Waals surface area contributed by atoms with Gasteiger partial charge in [0.1, 0.15) is 0 Å². The van der Waals surface area contributed by atoms with Gasteiger partial charge in [0.2, 0.25) is 5.91 Å². The quantitative estimate of drug-likeness (QED) is 0.791. The summed E-state index contributed by atoms with van der Waals surface area (Å²) < 4.78 is 0. The summed E-state index contributed by atoms with van der Waals surface area (Å²) >= 11 is 1.29. The standard InChI is InChI=1S/C17H22N4O2S/c1-11-6-5-7-12(8-11)18-15(23)20-16-19-13(10-24-16)9-14(22)21-17(2,3)4/h5-8,10H,9H2,1-4H3,(H,21,22)(H2,18,19,20,23). The molecule has 0 aliphatic heterocycles. The molecule has 2 aromatic rings. The highest BCUT2D eigenvalue weighted by molar-refractivity contribution is 7.14. The van der Waals surface area contributed by atoms with E-state index in [0.717, 1.165) is 5.56 Å². The number of amides is 3. The number of aromatic nitrogens is 1. The third-order valence-electron chi connectivity index (χ3n) is 2.90. The van der Waals surface area contributed by atoms with E-state index in [1.807, 2.05) is 52.0 Å². The summed E-state index contributed by atoms with van der Waals surface area (Å²) in [5.74, 6) is -0.0939. The van der Waals surface area contributed by atoms with Crippen molar-refractivity contribution >= 4 is 34.1 Å². The van der Waals surface area contributed by atoms with Crippen molar-refractivity contribution in [3.8, 4) is 0 Å². The SMILES string of the molecule is Cc1cccc(NC(=O)Nc2nc(CC(=O)NC(C)(C)C)cs2)c1. The molecule has 1 aromatic carbocycles. The highest BCUT2D eigenvalue weighted by atomic mass is 32.1. The Labute approximate surface area is 145 Å². The third-order valence-corrected chi connectivity index (χ3v) is 3.71. The van der Waals surface area contributed by atoms with E-state index in [-0.39, 0.29) is 23.9 Å². The number of urea groups is 1. The summed E-state index contributed by atoms with van der Waals surface area (Å²) in [6, 6.07) is 7.17. The summed E-state index contributed by atoms with van der Waals surface area (Å²) in [6.07, 6.45) is 0.189. The molecule has 7 heteroatoms. The second-order valence-corrected chi connectivity index (χ2v) is 7.43. The lowest BCUT2D eigenvalue weighted by molar-refractivity contribution is -0.121. The van der Waals surface area contributed by atoms with Crippen LogP contribution < -0.4 is 16.0 Å². The fourth-order valence-electron chi connectivity index (χ4n) is 2.05. The van der Waals surface area contributed by atoms with Crippen LogP contribution >= 0.6 is 11.3 Å². The van der Waals surface area contributed by atoms with Gasteiger partial charge in [-0.25, -0.2) is 9.78 Å². The molecular formula is C17H22N4O2S. The third kappa shape index (κ3) is 6.00. The molecule has 0 fully saturated rings. The highest BCUT2D eigenvalue weighted by Gasteiger charge is 2.15. The van der Waals surface area contributed by atoms with Gasteiger partial charge >= 0.3 is 6.03 Å². The zero-order chi connectivity index (χ0) is 17.7. The molecule has 0 unspecified atom stereocenters. The Balaban J connectivity index is 1.89. The Morgan fingerprint density at radius 1 is 1.21 bits per heavy atom. The maximum atomic E-state index is 12.0. The van der Waals surface area contributed by atoms with E-state index < -0.39 is 0 Å². The number of nitrogens with one attached hydrogen (secondary N) is 3. The summed E-state index contributed by atoms with van der Waals surface area (Å²) in [6.45, 7) is 7.73. The van der Waals surface area contributed by atoms with Crippen molar-refractivity contribution in [2.45, 2.75) is 39.7 Å². The van der Waals surface area contributed by atoms with Crippen molar-refractivity contribution in [3.05, 3.63) is 40.9 Å². The Hall–Kier alpha value is -2.41. The molecule has 0 aliphatic carbocycles. The average molecular weight is 346 g/mol. The molecular weight excluding hydrogens is 324 g/mol. The van der Waals surface area contributed by atoms with Crippen LogP contribution in [0, 0.1) is 6.92 Å². The molecule has 0 atom stereocenters. The molecule has 2 rings (SSSR count). The molecule has 0 spiro atoms. The fourth-order valence-corrected chi connectivity index (χ4v) is 2.76. The number of carbonyl (C=O) groups is 2. The number of benzene rings is 1. The van der Waals surface area contributed by atoms with E-state index in [4.69, 9.17) is 0 Å². The fraction of sp³-hybridized carbons (Fsp3) is 0.353. The number of hydrogen-bond donors (Lipinski definition) is 3. The topological polar surface area (TPSA) is 83.1 Å². The van der Waals surface area contributed by atoms with Crippen LogP contribution in [-0.4, -0.2) is 22.5 Å². The van der Waals surface area contributed by atoms with Gasteiger partial charge in [-0.1, -0.05) is 12.1 Å². The monoisotopic (exact) mass is 346 g/mol. The molecule has 0 bridgehead atoms. The average Bonchev–Trinajstić information content (AvgIpc) is 2.83. The van der Waals surface area contributed by atoms with Crippen molar-refractivity contribution in [2.24, 2.45) is 0 Å². The maximum absolute atomic E-state index is 12.0. The van der Waals surface area contributed by atoms with Gasteiger partial charge in [0.15, 0.2) is 5.13 Å². The van der Waals surface area contributed by atoms with E-state index in [1.54, 1.807) is 5.38 Å². The summed E-state index contributed by atoms with van der Waals surface area (Å²) in [4.78, 5) is 28.1. The highest BCUT2D eigenvalue weighted by Crippen LogP contribution is 2.17. The second-order valence-electron chi connectivity index (χ2n) is 6.57. The first-order valence-electron chi connectivity index (χ1n) is 7.61. The van der Waals surface area contributed by atoms with Crippen LogP contribution in [0.1, 0.15) is 32.0 Å². The predicted octanol–water partition coefficient (Wildman–Crippen LogP) is 3.55. The number of anilines is 2. The van der Waals surface area contributed by atoms with Crippen molar-refractivity contribution in [1.82, 2.24) is 10.3 Å². The largest absolute Gasteiger partial charge is 0.351 e. The lowest BCUT2D eigenvalue weighted by Crippen LogP contribution is -2.41. The first-order chi connectivity index (χ1) is 11.2. The first-order valence-corrected chi connectivity index (χ1v) is 8.49. The van der Waals surface area contributed by atoms with Gasteiger partial charge in [-0.15, -0.1) is 11.3 Å². The molecule has 1 heterocycles.